The summed E-state index contributed by atoms with van der Waals surface area (Å²) < 4.78 is 0. The Morgan fingerprint density at radius 3 is 2.30 bits per heavy atom. The minimum atomic E-state index is -0.320. The van der Waals surface area contributed by atoms with Gasteiger partial charge in [-0.2, -0.15) is 5.10 Å². The zero-order valence-electron chi connectivity index (χ0n) is 11.2. The quantitative estimate of drug-likeness (QED) is 0.876. The number of aromatic nitrogens is 2. The molecule has 1 radical (unpaired) electrons. The average Bonchev–Trinajstić information content (AvgIpc) is 3.02. The van der Waals surface area contributed by atoms with Gasteiger partial charge >= 0.3 is 6.03 Å². The van der Waals surface area contributed by atoms with E-state index in [0.717, 1.165) is 24.0 Å². The molecule has 0 bridgehead atoms. The topological polar surface area (TPSA) is 75.0 Å². The maximum atomic E-state index is 11.1. The van der Waals surface area contributed by atoms with E-state index in [1.165, 1.54) is 11.5 Å². The van der Waals surface area contributed by atoms with Crippen LogP contribution in [0.15, 0.2) is 36.7 Å². The van der Waals surface area contributed by atoms with Gasteiger partial charge in [0.2, 0.25) is 0 Å². The molecule has 0 unspecified atom stereocenters. The van der Waals surface area contributed by atoms with E-state index in [-0.39, 0.29) is 6.03 Å². The summed E-state index contributed by atoms with van der Waals surface area (Å²) in [5, 5.41) is 6.77. The molecule has 0 aliphatic carbocycles. The summed E-state index contributed by atoms with van der Waals surface area (Å²) in [4.78, 5) is 12.8. The summed E-state index contributed by atoms with van der Waals surface area (Å²) in [6.07, 6.45) is 5.49. The SMILES string of the molecule is NC(=O)N1CC[C](c2ccc(-c3cn[nH]c3)cc2)CC1. The normalized spacial score (nSPS) is 16.3. The van der Waals surface area contributed by atoms with Gasteiger partial charge in [-0.15, -0.1) is 0 Å². The number of primary amides is 1. The number of benzene rings is 1. The Kier molecular flexibility index (Phi) is 3.41. The number of rotatable bonds is 2. The second-order valence-corrected chi connectivity index (χ2v) is 4.99. The van der Waals surface area contributed by atoms with E-state index in [1.54, 1.807) is 4.90 Å². The highest BCUT2D eigenvalue weighted by atomic mass is 16.2. The smallest absolute Gasteiger partial charge is 0.314 e. The summed E-state index contributed by atoms with van der Waals surface area (Å²) in [7, 11) is 0. The molecule has 20 heavy (non-hydrogen) atoms. The largest absolute Gasteiger partial charge is 0.351 e. The van der Waals surface area contributed by atoms with Crippen molar-refractivity contribution in [3.63, 3.8) is 0 Å². The number of H-pyrrole nitrogens is 1. The first kappa shape index (κ1) is 12.7. The van der Waals surface area contributed by atoms with Crippen LogP contribution in [0.5, 0.6) is 0 Å². The number of hydrogen-bond donors (Lipinski definition) is 2. The van der Waals surface area contributed by atoms with Crippen LogP contribution in [0.25, 0.3) is 11.1 Å². The van der Waals surface area contributed by atoms with Crippen molar-refractivity contribution in [3.05, 3.63) is 48.1 Å². The second-order valence-electron chi connectivity index (χ2n) is 4.99. The number of carbonyl (C=O) groups excluding carboxylic acids is 1. The molecule has 2 heterocycles. The molecule has 2 aromatic rings. The van der Waals surface area contributed by atoms with E-state index in [4.69, 9.17) is 5.73 Å². The molecular weight excluding hydrogens is 252 g/mol. The lowest BCUT2D eigenvalue weighted by Gasteiger charge is -2.30. The number of nitrogens with two attached hydrogens (primary N) is 1. The molecule has 2 amide bonds. The highest BCUT2D eigenvalue weighted by Crippen LogP contribution is 2.28. The van der Waals surface area contributed by atoms with Crippen LogP contribution in [0.2, 0.25) is 0 Å². The Morgan fingerprint density at radius 2 is 1.75 bits per heavy atom. The summed E-state index contributed by atoms with van der Waals surface area (Å²) >= 11 is 0. The van der Waals surface area contributed by atoms with Gasteiger partial charge in [-0.1, -0.05) is 24.3 Å². The Bertz CT molecular complexity index is 568. The van der Waals surface area contributed by atoms with Crippen LogP contribution in [-0.2, 0) is 0 Å². The summed E-state index contributed by atoms with van der Waals surface area (Å²) in [5.74, 6) is 1.39. The van der Waals surface area contributed by atoms with E-state index in [2.05, 4.69) is 34.5 Å². The van der Waals surface area contributed by atoms with Crippen LogP contribution in [0, 0.1) is 5.92 Å². The molecule has 3 N–H and O–H groups in total. The van der Waals surface area contributed by atoms with Crippen LogP contribution in [0.3, 0.4) is 0 Å². The predicted molar refractivity (Wildman–Crippen MR) is 76.8 cm³/mol. The van der Waals surface area contributed by atoms with Gasteiger partial charge in [-0.25, -0.2) is 4.79 Å². The number of likely N-dealkylation sites (tertiary alicyclic amines) is 1. The van der Waals surface area contributed by atoms with Crippen molar-refractivity contribution in [1.29, 1.82) is 0 Å². The van der Waals surface area contributed by atoms with E-state index < -0.39 is 0 Å². The highest BCUT2D eigenvalue weighted by molar-refractivity contribution is 5.72. The molecule has 0 spiro atoms. The van der Waals surface area contributed by atoms with Gasteiger partial charge in [-0.05, 0) is 24.0 Å². The first-order chi connectivity index (χ1) is 9.74. The van der Waals surface area contributed by atoms with E-state index in [0.29, 0.717) is 13.1 Å². The first-order valence-corrected chi connectivity index (χ1v) is 6.73. The van der Waals surface area contributed by atoms with Crippen LogP contribution >= 0.6 is 0 Å². The molecule has 0 saturated carbocycles. The second kappa shape index (κ2) is 5.36. The molecule has 5 nitrogen and oxygen atoms in total. The maximum absolute atomic E-state index is 11.1. The van der Waals surface area contributed by atoms with Gasteiger partial charge in [0.05, 0.1) is 6.20 Å². The number of piperidine rings is 1. The zero-order valence-corrected chi connectivity index (χ0v) is 11.2. The molecule has 0 atom stereocenters. The molecule has 1 aromatic carbocycles. The van der Waals surface area contributed by atoms with Crippen molar-refractivity contribution >= 4 is 6.03 Å². The first-order valence-electron chi connectivity index (χ1n) is 6.73. The minimum Gasteiger partial charge on any atom is -0.351 e. The standard InChI is InChI=1S/C15H17N4O/c16-15(20)19-7-5-13(6-8-19)11-1-3-12(4-2-11)14-9-17-18-10-14/h1-4,9-10H,5-8H2,(H2,16,20)(H,17,18). The fourth-order valence-corrected chi connectivity index (χ4v) is 2.59. The van der Waals surface area contributed by atoms with Crippen molar-refractivity contribution in [1.82, 2.24) is 15.1 Å². The van der Waals surface area contributed by atoms with Crippen LogP contribution < -0.4 is 5.73 Å². The summed E-state index contributed by atoms with van der Waals surface area (Å²) in [5.41, 5.74) is 8.78. The number of nitrogens with zero attached hydrogens (tertiary/aromatic N) is 2. The highest BCUT2D eigenvalue weighted by Gasteiger charge is 2.22. The molecular formula is C15H17N4O. The fraction of sp³-hybridized carbons (Fsp3) is 0.267. The van der Waals surface area contributed by atoms with Crippen LogP contribution in [0.4, 0.5) is 4.79 Å². The summed E-state index contributed by atoms with van der Waals surface area (Å²) in [6.45, 7) is 1.43. The number of nitrogens with one attached hydrogen (secondary N) is 1. The molecule has 5 heteroatoms. The van der Waals surface area contributed by atoms with Gasteiger partial charge < -0.3 is 10.6 Å². The van der Waals surface area contributed by atoms with Gasteiger partial charge in [0.25, 0.3) is 0 Å². The third-order valence-electron chi connectivity index (χ3n) is 3.80. The maximum Gasteiger partial charge on any atom is 0.314 e. The lowest BCUT2D eigenvalue weighted by Crippen LogP contribution is -2.41. The van der Waals surface area contributed by atoms with Crippen molar-refractivity contribution < 1.29 is 4.79 Å². The van der Waals surface area contributed by atoms with Crippen molar-refractivity contribution in [2.75, 3.05) is 13.1 Å². The Morgan fingerprint density at radius 1 is 1.10 bits per heavy atom. The van der Waals surface area contributed by atoms with Gasteiger partial charge in [-0.3, -0.25) is 5.10 Å². The summed E-state index contributed by atoms with van der Waals surface area (Å²) in [6, 6.07) is 8.16. The number of amides is 2. The van der Waals surface area contributed by atoms with Crippen LogP contribution in [0.1, 0.15) is 18.4 Å². The fourth-order valence-electron chi connectivity index (χ4n) is 2.59. The number of hydrogen-bond acceptors (Lipinski definition) is 2. The number of carbonyl (C=O) groups is 1. The molecule has 1 aliphatic rings. The lowest BCUT2D eigenvalue weighted by atomic mass is 9.89. The van der Waals surface area contributed by atoms with E-state index >= 15 is 0 Å². The molecule has 1 aliphatic heterocycles. The van der Waals surface area contributed by atoms with Gasteiger partial charge in [0.1, 0.15) is 0 Å². The zero-order chi connectivity index (χ0) is 13.9. The number of urea groups is 1. The number of aromatic amines is 1. The molecule has 3 rings (SSSR count). The van der Waals surface area contributed by atoms with E-state index in [9.17, 15) is 4.79 Å². The Balaban J connectivity index is 1.68. The van der Waals surface area contributed by atoms with Gasteiger partial charge in [0.15, 0.2) is 0 Å². The molecule has 1 saturated heterocycles. The Labute approximate surface area is 117 Å². The van der Waals surface area contributed by atoms with Crippen molar-refractivity contribution in [3.8, 4) is 11.1 Å². The minimum absolute atomic E-state index is 0.320. The van der Waals surface area contributed by atoms with E-state index in [1.807, 2.05) is 12.4 Å². The monoisotopic (exact) mass is 269 g/mol. The Hall–Kier alpha value is -2.30. The van der Waals surface area contributed by atoms with Gasteiger partial charge in [0, 0.05) is 30.8 Å². The average molecular weight is 269 g/mol. The molecule has 1 fully saturated rings. The van der Waals surface area contributed by atoms with Crippen molar-refractivity contribution in [2.45, 2.75) is 12.8 Å². The third kappa shape index (κ3) is 2.52. The predicted octanol–water partition coefficient (Wildman–Crippen LogP) is 2.17. The molecule has 1 aromatic heterocycles. The third-order valence-corrected chi connectivity index (χ3v) is 3.80. The van der Waals surface area contributed by atoms with Crippen LogP contribution in [-0.4, -0.2) is 34.2 Å². The lowest BCUT2D eigenvalue weighted by molar-refractivity contribution is 0.200. The molecule has 103 valence electrons. The van der Waals surface area contributed by atoms with Crippen molar-refractivity contribution in [2.24, 2.45) is 5.73 Å².